The third-order valence-corrected chi connectivity index (χ3v) is 4.45. The summed E-state index contributed by atoms with van der Waals surface area (Å²) in [5.74, 6) is -1.47. The van der Waals surface area contributed by atoms with Crippen LogP contribution in [-0.4, -0.2) is 42.7 Å². The van der Waals surface area contributed by atoms with Crippen molar-refractivity contribution in [3.05, 3.63) is 46.7 Å². The number of nitrogens with zero attached hydrogens (tertiary/aromatic N) is 2. The first kappa shape index (κ1) is 19.2. The van der Waals surface area contributed by atoms with Crippen LogP contribution in [0.1, 0.15) is 39.2 Å². The minimum atomic E-state index is -0.665. The van der Waals surface area contributed by atoms with Gasteiger partial charge in [-0.05, 0) is 58.8 Å². The molecule has 4 nitrogen and oxygen atoms in total. The average molecular weight is 349 g/mol. The number of likely N-dealkylation sites (tertiary alicyclic amines) is 1. The van der Waals surface area contributed by atoms with E-state index in [0.29, 0.717) is 23.5 Å². The van der Waals surface area contributed by atoms with Crippen molar-refractivity contribution in [1.29, 1.82) is 0 Å². The number of carbonyl (C=O) groups excluding carboxylic acids is 1. The van der Waals surface area contributed by atoms with E-state index in [-0.39, 0.29) is 11.5 Å². The molecule has 1 fully saturated rings. The maximum atomic E-state index is 13.8. The van der Waals surface area contributed by atoms with E-state index in [1.807, 2.05) is 0 Å². The number of benzene rings is 1. The standard InChI is InChI=1S/C19H25F2N3O/c1-13(19(25)22-8-11-24-9-4-5-10-24)14(2)23-15(3)17-7-6-16(20)12-18(17)21/h6-7,12H,4-5,8-11H2,1-3H3,(H,22,25)/b14-13+,23-15+. The molecular formula is C19H25F2N3O. The Morgan fingerprint density at radius 1 is 1.20 bits per heavy atom. The molecule has 25 heavy (non-hydrogen) atoms. The van der Waals surface area contributed by atoms with Crippen molar-refractivity contribution in [3.8, 4) is 0 Å². The van der Waals surface area contributed by atoms with Gasteiger partial charge in [0.25, 0.3) is 0 Å². The molecule has 0 saturated carbocycles. The fourth-order valence-corrected chi connectivity index (χ4v) is 2.81. The van der Waals surface area contributed by atoms with Crippen LogP contribution in [0.5, 0.6) is 0 Å². The summed E-state index contributed by atoms with van der Waals surface area (Å²) in [6.45, 7) is 8.67. The number of rotatable bonds is 6. The lowest BCUT2D eigenvalue weighted by molar-refractivity contribution is -0.117. The number of carbonyl (C=O) groups is 1. The van der Waals surface area contributed by atoms with Crippen molar-refractivity contribution in [2.75, 3.05) is 26.2 Å². The summed E-state index contributed by atoms with van der Waals surface area (Å²) in [4.78, 5) is 18.8. The molecule has 0 aliphatic carbocycles. The van der Waals surface area contributed by atoms with E-state index in [2.05, 4.69) is 15.2 Å². The molecule has 0 bridgehead atoms. The van der Waals surface area contributed by atoms with E-state index < -0.39 is 11.6 Å². The van der Waals surface area contributed by atoms with Crippen LogP contribution in [0.15, 0.2) is 34.5 Å². The molecule has 1 N–H and O–H groups in total. The molecule has 0 aromatic heterocycles. The van der Waals surface area contributed by atoms with Gasteiger partial charge in [0, 0.05) is 41.7 Å². The molecule has 0 atom stereocenters. The topological polar surface area (TPSA) is 44.7 Å². The largest absolute Gasteiger partial charge is 0.351 e. The molecule has 136 valence electrons. The molecular weight excluding hydrogens is 324 g/mol. The van der Waals surface area contributed by atoms with E-state index in [1.165, 1.54) is 25.0 Å². The van der Waals surface area contributed by atoms with E-state index in [4.69, 9.17) is 0 Å². The quantitative estimate of drug-likeness (QED) is 0.633. The smallest absolute Gasteiger partial charge is 0.248 e. The van der Waals surface area contributed by atoms with Crippen LogP contribution in [0.2, 0.25) is 0 Å². The molecule has 1 aliphatic heterocycles. The molecule has 0 radical (unpaired) electrons. The zero-order valence-corrected chi connectivity index (χ0v) is 15.0. The van der Waals surface area contributed by atoms with Crippen molar-refractivity contribution >= 4 is 11.6 Å². The Kier molecular flexibility index (Phi) is 6.82. The van der Waals surface area contributed by atoms with Crippen LogP contribution in [0, 0.1) is 11.6 Å². The van der Waals surface area contributed by atoms with Crippen molar-refractivity contribution in [2.45, 2.75) is 33.6 Å². The Hall–Kier alpha value is -2.08. The fourth-order valence-electron chi connectivity index (χ4n) is 2.81. The first-order chi connectivity index (χ1) is 11.9. The van der Waals surface area contributed by atoms with Crippen LogP contribution in [0.3, 0.4) is 0 Å². The van der Waals surface area contributed by atoms with Gasteiger partial charge in [0.15, 0.2) is 0 Å². The second kappa shape index (κ2) is 8.85. The van der Waals surface area contributed by atoms with Gasteiger partial charge in [-0.25, -0.2) is 8.78 Å². The number of hydrogen-bond donors (Lipinski definition) is 1. The van der Waals surface area contributed by atoms with Gasteiger partial charge in [-0.1, -0.05) is 0 Å². The van der Waals surface area contributed by atoms with Crippen molar-refractivity contribution in [2.24, 2.45) is 4.99 Å². The first-order valence-corrected chi connectivity index (χ1v) is 8.57. The monoisotopic (exact) mass is 349 g/mol. The van der Waals surface area contributed by atoms with Crippen LogP contribution >= 0.6 is 0 Å². The molecule has 1 heterocycles. The summed E-state index contributed by atoms with van der Waals surface area (Å²) in [5.41, 5.74) is 1.63. The normalized spacial score (nSPS) is 16.8. The summed E-state index contributed by atoms with van der Waals surface area (Å²) in [7, 11) is 0. The van der Waals surface area contributed by atoms with E-state index in [0.717, 1.165) is 25.7 Å². The highest BCUT2D eigenvalue weighted by atomic mass is 19.1. The molecule has 1 aromatic rings. The Morgan fingerprint density at radius 3 is 2.52 bits per heavy atom. The lowest BCUT2D eigenvalue weighted by Crippen LogP contribution is -2.34. The maximum Gasteiger partial charge on any atom is 0.248 e. The minimum Gasteiger partial charge on any atom is -0.351 e. The zero-order chi connectivity index (χ0) is 18.4. The summed E-state index contributed by atoms with van der Waals surface area (Å²) in [6.07, 6.45) is 2.44. The van der Waals surface area contributed by atoms with Crippen molar-refractivity contribution in [3.63, 3.8) is 0 Å². The number of nitrogens with one attached hydrogen (secondary N) is 1. The highest BCUT2D eigenvalue weighted by Gasteiger charge is 2.13. The van der Waals surface area contributed by atoms with Gasteiger partial charge < -0.3 is 10.2 Å². The molecule has 1 amide bonds. The third kappa shape index (κ3) is 5.46. The van der Waals surface area contributed by atoms with Gasteiger partial charge in [-0.15, -0.1) is 0 Å². The van der Waals surface area contributed by atoms with Gasteiger partial charge in [0.2, 0.25) is 5.91 Å². The Labute approximate surface area is 147 Å². The van der Waals surface area contributed by atoms with Crippen LogP contribution in [-0.2, 0) is 4.79 Å². The van der Waals surface area contributed by atoms with Crippen molar-refractivity contribution < 1.29 is 13.6 Å². The number of amides is 1. The molecule has 0 spiro atoms. The molecule has 0 unspecified atom stereocenters. The summed E-state index contributed by atoms with van der Waals surface area (Å²) < 4.78 is 26.8. The van der Waals surface area contributed by atoms with Crippen molar-refractivity contribution in [1.82, 2.24) is 10.2 Å². The summed E-state index contributed by atoms with van der Waals surface area (Å²) >= 11 is 0. The lowest BCUT2D eigenvalue weighted by atomic mass is 10.1. The molecule has 1 aromatic carbocycles. The number of aliphatic imine (C=N–C) groups is 1. The predicted molar refractivity (Wildman–Crippen MR) is 95.6 cm³/mol. The molecule has 1 aliphatic rings. The molecule has 6 heteroatoms. The highest BCUT2D eigenvalue weighted by molar-refractivity contribution is 6.00. The number of hydrogen-bond acceptors (Lipinski definition) is 3. The maximum absolute atomic E-state index is 13.8. The third-order valence-electron chi connectivity index (χ3n) is 4.45. The van der Waals surface area contributed by atoms with E-state index in [1.54, 1.807) is 20.8 Å². The number of allylic oxidation sites excluding steroid dienone is 1. The Morgan fingerprint density at radius 2 is 1.88 bits per heavy atom. The SMILES string of the molecule is C/C(=N\C(C)=C(/C)C(=O)NCCN1CCCC1)c1ccc(F)cc1F. The zero-order valence-electron chi connectivity index (χ0n) is 15.0. The van der Waals surface area contributed by atoms with Gasteiger partial charge in [0.05, 0.1) is 0 Å². The van der Waals surface area contributed by atoms with Crippen LogP contribution in [0.4, 0.5) is 8.78 Å². The Balaban J connectivity index is 1.99. The molecule has 2 rings (SSSR count). The van der Waals surface area contributed by atoms with Gasteiger partial charge in [0.1, 0.15) is 11.6 Å². The van der Waals surface area contributed by atoms with Gasteiger partial charge in [-0.2, -0.15) is 0 Å². The second-order valence-corrected chi connectivity index (χ2v) is 6.34. The average Bonchev–Trinajstić information content (AvgIpc) is 3.07. The fraction of sp³-hybridized carbons (Fsp3) is 0.474. The van der Waals surface area contributed by atoms with E-state index in [9.17, 15) is 13.6 Å². The highest BCUT2D eigenvalue weighted by Crippen LogP contribution is 2.14. The summed E-state index contributed by atoms with van der Waals surface area (Å²) in [6, 6.07) is 3.36. The first-order valence-electron chi connectivity index (χ1n) is 8.57. The van der Waals surface area contributed by atoms with Crippen LogP contribution in [0.25, 0.3) is 0 Å². The van der Waals surface area contributed by atoms with E-state index >= 15 is 0 Å². The summed E-state index contributed by atoms with van der Waals surface area (Å²) in [5, 5.41) is 2.89. The molecule has 1 saturated heterocycles. The Bertz CT molecular complexity index is 692. The predicted octanol–water partition coefficient (Wildman–Crippen LogP) is 3.28. The minimum absolute atomic E-state index is 0.173. The lowest BCUT2D eigenvalue weighted by Gasteiger charge is -2.15. The van der Waals surface area contributed by atoms with Gasteiger partial charge in [-0.3, -0.25) is 9.79 Å². The van der Waals surface area contributed by atoms with Crippen LogP contribution < -0.4 is 5.32 Å². The number of halogens is 2. The second-order valence-electron chi connectivity index (χ2n) is 6.34. The van der Waals surface area contributed by atoms with Gasteiger partial charge >= 0.3 is 0 Å².